The molecule has 2 aromatic rings. The number of piperidine rings is 1. The molecule has 26 heavy (non-hydrogen) atoms. The molecule has 0 unspecified atom stereocenters. The van der Waals surface area contributed by atoms with Gasteiger partial charge in [0, 0.05) is 36.9 Å². The Balaban J connectivity index is 1.43. The number of carbonyl (C=O) groups excluding carboxylic acids is 2. The SMILES string of the molecule is O=C(CCc1nc(-c2ccc(F)cc2)cs1)NCC(=O)N1CCCCC1. The summed E-state index contributed by atoms with van der Waals surface area (Å²) in [5, 5.41) is 5.45. The minimum Gasteiger partial charge on any atom is -0.347 e. The second-order valence-corrected chi connectivity index (χ2v) is 7.29. The molecule has 0 saturated carbocycles. The normalized spacial score (nSPS) is 14.3. The number of halogens is 1. The topological polar surface area (TPSA) is 62.3 Å². The number of aromatic nitrogens is 1. The highest BCUT2D eigenvalue weighted by atomic mass is 32.1. The predicted molar refractivity (Wildman–Crippen MR) is 99.3 cm³/mol. The third-order valence-electron chi connectivity index (χ3n) is 4.40. The molecule has 3 rings (SSSR count). The summed E-state index contributed by atoms with van der Waals surface area (Å²) in [7, 11) is 0. The fourth-order valence-corrected chi connectivity index (χ4v) is 3.72. The van der Waals surface area contributed by atoms with Crippen LogP contribution in [0.15, 0.2) is 29.6 Å². The van der Waals surface area contributed by atoms with Gasteiger partial charge < -0.3 is 10.2 Å². The zero-order valence-electron chi connectivity index (χ0n) is 14.5. The first kappa shape index (κ1) is 18.5. The van der Waals surface area contributed by atoms with E-state index in [9.17, 15) is 14.0 Å². The Bertz CT molecular complexity index is 754. The van der Waals surface area contributed by atoms with Crippen molar-refractivity contribution < 1.29 is 14.0 Å². The van der Waals surface area contributed by atoms with E-state index in [1.165, 1.54) is 29.9 Å². The molecule has 1 aromatic carbocycles. The van der Waals surface area contributed by atoms with E-state index >= 15 is 0 Å². The van der Waals surface area contributed by atoms with Gasteiger partial charge in [-0.05, 0) is 43.5 Å². The summed E-state index contributed by atoms with van der Waals surface area (Å²) in [6, 6.07) is 6.18. The van der Waals surface area contributed by atoms with Gasteiger partial charge in [-0.25, -0.2) is 9.37 Å². The summed E-state index contributed by atoms with van der Waals surface area (Å²) in [4.78, 5) is 30.3. The van der Waals surface area contributed by atoms with Crippen molar-refractivity contribution in [3.05, 3.63) is 40.5 Å². The van der Waals surface area contributed by atoms with Crippen LogP contribution in [0.2, 0.25) is 0 Å². The Hall–Kier alpha value is -2.28. The van der Waals surface area contributed by atoms with E-state index in [0.717, 1.165) is 42.2 Å². The van der Waals surface area contributed by atoms with E-state index < -0.39 is 0 Å². The number of carbonyl (C=O) groups is 2. The van der Waals surface area contributed by atoms with Crippen LogP contribution in [0.1, 0.15) is 30.7 Å². The third kappa shape index (κ3) is 5.11. The Morgan fingerprint density at radius 2 is 1.88 bits per heavy atom. The quantitative estimate of drug-likeness (QED) is 0.844. The summed E-state index contributed by atoms with van der Waals surface area (Å²) in [5.41, 5.74) is 1.64. The molecule has 1 N–H and O–H groups in total. The van der Waals surface area contributed by atoms with E-state index in [1.807, 2.05) is 10.3 Å². The maximum atomic E-state index is 13.0. The zero-order chi connectivity index (χ0) is 18.4. The van der Waals surface area contributed by atoms with Gasteiger partial charge >= 0.3 is 0 Å². The second-order valence-electron chi connectivity index (χ2n) is 6.35. The zero-order valence-corrected chi connectivity index (χ0v) is 15.4. The van der Waals surface area contributed by atoms with Crippen LogP contribution >= 0.6 is 11.3 Å². The molecule has 0 atom stereocenters. The van der Waals surface area contributed by atoms with Crippen molar-refractivity contribution in [3.63, 3.8) is 0 Å². The largest absolute Gasteiger partial charge is 0.347 e. The fraction of sp³-hybridized carbons (Fsp3) is 0.421. The van der Waals surface area contributed by atoms with E-state index in [0.29, 0.717) is 12.8 Å². The van der Waals surface area contributed by atoms with E-state index in [4.69, 9.17) is 0 Å². The van der Waals surface area contributed by atoms with Gasteiger partial charge in [0.2, 0.25) is 11.8 Å². The number of aryl methyl sites for hydroxylation is 1. The molecule has 0 spiro atoms. The molecule has 5 nitrogen and oxygen atoms in total. The summed E-state index contributed by atoms with van der Waals surface area (Å²) >= 11 is 1.48. The lowest BCUT2D eigenvalue weighted by Crippen LogP contribution is -2.42. The number of nitrogens with one attached hydrogen (secondary N) is 1. The highest BCUT2D eigenvalue weighted by Gasteiger charge is 2.17. The average Bonchev–Trinajstić information content (AvgIpc) is 3.14. The van der Waals surface area contributed by atoms with Gasteiger partial charge in [-0.3, -0.25) is 9.59 Å². The lowest BCUT2D eigenvalue weighted by Gasteiger charge is -2.26. The predicted octanol–water partition coefficient (Wildman–Crippen LogP) is 3.01. The lowest BCUT2D eigenvalue weighted by molar-refractivity contribution is -0.133. The number of amides is 2. The number of benzene rings is 1. The van der Waals surface area contributed by atoms with Gasteiger partial charge in [0.25, 0.3) is 0 Å². The van der Waals surface area contributed by atoms with Crippen LogP contribution in [0.25, 0.3) is 11.3 Å². The Morgan fingerprint density at radius 3 is 2.62 bits per heavy atom. The molecule has 1 aliphatic heterocycles. The van der Waals surface area contributed by atoms with Crippen LogP contribution in [0.3, 0.4) is 0 Å². The molecule has 1 saturated heterocycles. The molecule has 7 heteroatoms. The first-order valence-electron chi connectivity index (χ1n) is 8.86. The molecule has 138 valence electrons. The van der Waals surface area contributed by atoms with Crippen molar-refractivity contribution in [1.29, 1.82) is 0 Å². The molecule has 1 aromatic heterocycles. The molecule has 0 bridgehead atoms. The monoisotopic (exact) mass is 375 g/mol. The molecule has 1 fully saturated rings. The molecule has 0 aliphatic carbocycles. The average molecular weight is 375 g/mol. The number of likely N-dealkylation sites (tertiary alicyclic amines) is 1. The van der Waals surface area contributed by atoms with Gasteiger partial charge in [0.05, 0.1) is 17.2 Å². The van der Waals surface area contributed by atoms with Crippen LogP contribution in [0.5, 0.6) is 0 Å². The third-order valence-corrected chi connectivity index (χ3v) is 5.31. The number of nitrogens with zero attached hydrogens (tertiary/aromatic N) is 2. The highest BCUT2D eigenvalue weighted by Crippen LogP contribution is 2.22. The first-order chi connectivity index (χ1) is 12.6. The lowest BCUT2D eigenvalue weighted by atomic mass is 10.1. The van der Waals surface area contributed by atoms with Gasteiger partial charge in [0.15, 0.2) is 0 Å². The van der Waals surface area contributed by atoms with E-state index in [2.05, 4.69) is 10.3 Å². The van der Waals surface area contributed by atoms with Crippen LogP contribution in [0.4, 0.5) is 4.39 Å². The van der Waals surface area contributed by atoms with Crippen molar-refractivity contribution >= 4 is 23.2 Å². The number of hydrogen-bond donors (Lipinski definition) is 1. The molecule has 1 aliphatic rings. The van der Waals surface area contributed by atoms with E-state index in [1.54, 1.807) is 12.1 Å². The summed E-state index contributed by atoms with van der Waals surface area (Å²) in [6.07, 6.45) is 4.07. The number of thiazole rings is 1. The Kier molecular flexibility index (Phi) is 6.33. The maximum absolute atomic E-state index is 13.0. The van der Waals surface area contributed by atoms with Gasteiger partial charge in [-0.1, -0.05) is 0 Å². The van der Waals surface area contributed by atoms with Crippen LogP contribution in [-0.2, 0) is 16.0 Å². The van der Waals surface area contributed by atoms with Crippen LogP contribution in [-0.4, -0.2) is 41.3 Å². The highest BCUT2D eigenvalue weighted by molar-refractivity contribution is 7.09. The molecule has 2 heterocycles. The van der Waals surface area contributed by atoms with Crippen molar-refractivity contribution in [2.45, 2.75) is 32.1 Å². The minimum absolute atomic E-state index is 0.00843. The number of rotatable bonds is 6. The number of hydrogen-bond acceptors (Lipinski definition) is 4. The smallest absolute Gasteiger partial charge is 0.241 e. The molecule has 2 amide bonds. The maximum Gasteiger partial charge on any atom is 0.241 e. The molecule has 0 radical (unpaired) electrons. The Morgan fingerprint density at radius 1 is 1.15 bits per heavy atom. The summed E-state index contributed by atoms with van der Waals surface area (Å²) < 4.78 is 13.0. The van der Waals surface area contributed by atoms with Crippen molar-refractivity contribution in [3.8, 4) is 11.3 Å². The van der Waals surface area contributed by atoms with Gasteiger partial charge in [-0.15, -0.1) is 11.3 Å². The van der Waals surface area contributed by atoms with Gasteiger partial charge in [0.1, 0.15) is 5.82 Å². The summed E-state index contributed by atoms with van der Waals surface area (Å²) in [6.45, 7) is 1.65. The first-order valence-corrected chi connectivity index (χ1v) is 9.74. The van der Waals surface area contributed by atoms with Crippen molar-refractivity contribution in [2.24, 2.45) is 0 Å². The Labute approximate surface area is 156 Å². The van der Waals surface area contributed by atoms with Crippen molar-refractivity contribution in [2.75, 3.05) is 19.6 Å². The van der Waals surface area contributed by atoms with Crippen molar-refractivity contribution in [1.82, 2.24) is 15.2 Å². The molecular formula is C19H22FN3O2S. The molecular weight excluding hydrogens is 353 g/mol. The van der Waals surface area contributed by atoms with Crippen LogP contribution < -0.4 is 5.32 Å². The van der Waals surface area contributed by atoms with E-state index in [-0.39, 0.29) is 24.2 Å². The fourth-order valence-electron chi connectivity index (χ4n) is 2.92. The summed E-state index contributed by atoms with van der Waals surface area (Å²) in [5.74, 6) is -0.431. The van der Waals surface area contributed by atoms with Gasteiger partial charge in [-0.2, -0.15) is 0 Å². The second kappa shape index (κ2) is 8.89. The minimum atomic E-state index is -0.278. The standard InChI is InChI=1S/C19H22FN3O2S/c20-15-6-4-14(5-7-15)16-13-26-18(22-16)9-8-17(24)21-12-19(25)23-10-2-1-3-11-23/h4-7,13H,1-3,8-12H2,(H,21,24). The van der Waals surface area contributed by atoms with Crippen LogP contribution in [0, 0.1) is 5.82 Å².